The van der Waals surface area contributed by atoms with Crippen molar-refractivity contribution in [3.05, 3.63) is 51.6 Å². The number of rotatable bonds is 3. The Morgan fingerprint density at radius 3 is 3.11 bits per heavy atom. The van der Waals surface area contributed by atoms with Gasteiger partial charge < -0.3 is 9.72 Å². The van der Waals surface area contributed by atoms with Crippen molar-refractivity contribution in [3.8, 4) is 0 Å². The molecule has 1 aromatic carbocycles. The second-order valence-corrected chi connectivity index (χ2v) is 5.07. The van der Waals surface area contributed by atoms with Crippen LogP contribution < -0.4 is 0 Å². The Hall–Kier alpha value is -1.85. The van der Waals surface area contributed by atoms with Crippen LogP contribution in [0.4, 0.5) is 0 Å². The van der Waals surface area contributed by atoms with Crippen LogP contribution in [-0.2, 0) is 11.3 Å². The van der Waals surface area contributed by atoms with E-state index in [1.165, 1.54) is 11.3 Å². The molecule has 4 nitrogen and oxygen atoms in total. The predicted molar refractivity (Wildman–Crippen MR) is 74.5 cm³/mol. The van der Waals surface area contributed by atoms with Crippen molar-refractivity contribution in [2.75, 3.05) is 0 Å². The monoisotopic (exact) mass is 292 g/mol. The molecule has 2 aromatic heterocycles. The van der Waals surface area contributed by atoms with E-state index in [0.29, 0.717) is 10.7 Å². The maximum Gasteiger partial charge on any atom is 0.358 e. The van der Waals surface area contributed by atoms with E-state index in [2.05, 4.69) is 9.97 Å². The minimum Gasteiger partial charge on any atom is -0.455 e. The number of nitrogens with one attached hydrogen (secondary N) is 1. The largest absolute Gasteiger partial charge is 0.455 e. The number of aromatic nitrogens is 2. The predicted octanol–water partition coefficient (Wildman–Crippen LogP) is 3.63. The molecule has 0 aliphatic heterocycles. The second kappa shape index (κ2) is 5.03. The van der Waals surface area contributed by atoms with Gasteiger partial charge in [0.1, 0.15) is 6.61 Å². The third-order valence-electron chi connectivity index (χ3n) is 2.67. The molecular weight excluding hydrogens is 284 g/mol. The van der Waals surface area contributed by atoms with Gasteiger partial charge >= 0.3 is 5.97 Å². The van der Waals surface area contributed by atoms with Crippen molar-refractivity contribution in [1.29, 1.82) is 0 Å². The average Bonchev–Trinajstić information content (AvgIpc) is 3.05. The fourth-order valence-corrected chi connectivity index (χ4v) is 2.53. The van der Waals surface area contributed by atoms with Gasteiger partial charge in [-0.1, -0.05) is 17.7 Å². The lowest BCUT2D eigenvalue weighted by Gasteiger charge is -2.00. The van der Waals surface area contributed by atoms with E-state index in [1.807, 2.05) is 24.3 Å². The van der Waals surface area contributed by atoms with E-state index in [-0.39, 0.29) is 6.61 Å². The number of hydrogen-bond acceptors (Lipinski definition) is 4. The number of carbonyl (C=O) groups is 1. The molecule has 96 valence electrons. The lowest BCUT2D eigenvalue weighted by atomic mass is 10.2. The van der Waals surface area contributed by atoms with Crippen LogP contribution >= 0.6 is 22.9 Å². The molecule has 19 heavy (non-hydrogen) atoms. The Bertz CT molecular complexity index is 721. The molecule has 0 unspecified atom stereocenters. The van der Waals surface area contributed by atoms with Gasteiger partial charge in [-0.3, -0.25) is 0 Å². The van der Waals surface area contributed by atoms with Crippen LogP contribution in [0, 0.1) is 0 Å². The van der Waals surface area contributed by atoms with E-state index in [4.69, 9.17) is 16.3 Å². The molecule has 3 rings (SSSR count). The van der Waals surface area contributed by atoms with E-state index in [9.17, 15) is 4.79 Å². The van der Waals surface area contributed by atoms with Crippen LogP contribution in [-0.4, -0.2) is 15.9 Å². The topological polar surface area (TPSA) is 55.0 Å². The van der Waals surface area contributed by atoms with E-state index >= 15 is 0 Å². The average molecular weight is 293 g/mol. The van der Waals surface area contributed by atoms with Crippen LogP contribution in [0.1, 0.15) is 16.2 Å². The maximum atomic E-state index is 11.6. The molecule has 0 saturated carbocycles. The van der Waals surface area contributed by atoms with Gasteiger partial charge in [0.15, 0.2) is 5.69 Å². The molecule has 0 aliphatic carbocycles. The van der Waals surface area contributed by atoms with Gasteiger partial charge in [-0.2, -0.15) is 0 Å². The summed E-state index contributed by atoms with van der Waals surface area (Å²) >= 11 is 7.44. The molecule has 3 aromatic rings. The minimum absolute atomic E-state index is 0.168. The number of H-pyrrole nitrogens is 1. The smallest absolute Gasteiger partial charge is 0.358 e. The summed E-state index contributed by atoms with van der Waals surface area (Å²) in [6.45, 7) is 0.168. The highest BCUT2D eigenvalue weighted by molar-refractivity contribution is 7.07. The molecular formula is C13H9ClN2O2S. The first-order valence-electron chi connectivity index (χ1n) is 5.55. The van der Waals surface area contributed by atoms with Crippen LogP contribution in [0.3, 0.4) is 0 Å². The SMILES string of the molecule is O=C(OCc1cc2c(Cl)cccc2[nH]1)c1cscn1. The van der Waals surface area contributed by atoms with Gasteiger partial charge in [0.25, 0.3) is 0 Å². The highest BCUT2D eigenvalue weighted by Gasteiger charge is 2.10. The third kappa shape index (κ3) is 2.47. The summed E-state index contributed by atoms with van der Waals surface area (Å²) in [7, 11) is 0. The Balaban J connectivity index is 1.75. The molecule has 0 radical (unpaired) electrons. The van der Waals surface area contributed by atoms with Crippen molar-refractivity contribution in [2.24, 2.45) is 0 Å². The van der Waals surface area contributed by atoms with Crippen LogP contribution in [0.2, 0.25) is 5.02 Å². The molecule has 0 atom stereocenters. The Morgan fingerprint density at radius 2 is 2.37 bits per heavy atom. The first-order chi connectivity index (χ1) is 9.24. The van der Waals surface area contributed by atoms with Gasteiger partial charge in [0.05, 0.1) is 11.2 Å². The molecule has 0 bridgehead atoms. The number of carbonyl (C=O) groups excluding carboxylic acids is 1. The summed E-state index contributed by atoms with van der Waals surface area (Å²) in [6.07, 6.45) is 0. The Morgan fingerprint density at radius 1 is 1.47 bits per heavy atom. The number of fused-ring (bicyclic) bond motifs is 1. The van der Waals surface area contributed by atoms with Gasteiger partial charge in [-0.15, -0.1) is 11.3 Å². The second-order valence-electron chi connectivity index (χ2n) is 3.95. The van der Waals surface area contributed by atoms with Crippen LogP contribution in [0.25, 0.3) is 10.9 Å². The fraction of sp³-hybridized carbons (Fsp3) is 0.0769. The quantitative estimate of drug-likeness (QED) is 0.750. The van der Waals surface area contributed by atoms with Gasteiger partial charge in [0, 0.05) is 21.3 Å². The fourth-order valence-electron chi connectivity index (χ4n) is 1.78. The third-order valence-corrected chi connectivity index (χ3v) is 3.58. The molecule has 6 heteroatoms. The highest BCUT2D eigenvalue weighted by Crippen LogP contribution is 2.24. The number of benzene rings is 1. The molecule has 2 heterocycles. The number of thiazole rings is 1. The molecule has 0 spiro atoms. The van der Waals surface area contributed by atoms with Gasteiger partial charge in [0.2, 0.25) is 0 Å². The molecule has 0 amide bonds. The Kier molecular flexibility index (Phi) is 3.23. The molecule has 1 N–H and O–H groups in total. The summed E-state index contributed by atoms with van der Waals surface area (Å²) in [4.78, 5) is 18.7. The first kappa shape index (κ1) is 12.2. The summed E-state index contributed by atoms with van der Waals surface area (Å²) in [5, 5.41) is 3.25. The molecule has 0 fully saturated rings. The lowest BCUT2D eigenvalue weighted by molar-refractivity contribution is 0.0462. The minimum atomic E-state index is -0.425. The van der Waals surface area contributed by atoms with Crippen molar-refractivity contribution in [3.63, 3.8) is 0 Å². The number of nitrogens with zero attached hydrogens (tertiary/aromatic N) is 1. The Labute approximate surface area is 118 Å². The molecule has 0 aliphatic rings. The van der Waals surface area contributed by atoms with Crippen LogP contribution in [0.5, 0.6) is 0 Å². The number of halogens is 1. The number of esters is 1. The van der Waals surface area contributed by atoms with Crippen molar-refractivity contribution in [1.82, 2.24) is 9.97 Å². The highest BCUT2D eigenvalue weighted by atomic mass is 35.5. The van der Waals surface area contributed by atoms with Crippen molar-refractivity contribution < 1.29 is 9.53 Å². The zero-order valence-electron chi connectivity index (χ0n) is 9.72. The lowest BCUT2D eigenvalue weighted by Crippen LogP contribution is -2.05. The zero-order chi connectivity index (χ0) is 13.2. The van der Waals surface area contributed by atoms with Crippen molar-refractivity contribution in [2.45, 2.75) is 6.61 Å². The van der Waals surface area contributed by atoms with Gasteiger partial charge in [-0.05, 0) is 18.2 Å². The van der Waals surface area contributed by atoms with E-state index in [1.54, 1.807) is 10.9 Å². The van der Waals surface area contributed by atoms with Gasteiger partial charge in [-0.25, -0.2) is 9.78 Å². The maximum absolute atomic E-state index is 11.6. The van der Waals surface area contributed by atoms with E-state index in [0.717, 1.165) is 16.6 Å². The standard InChI is InChI=1S/C13H9ClN2O2S/c14-10-2-1-3-11-9(10)4-8(16-11)5-18-13(17)12-6-19-7-15-12/h1-4,6-7,16H,5H2. The van der Waals surface area contributed by atoms with Crippen molar-refractivity contribution >= 4 is 39.8 Å². The normalized spacial score (nSPS) is 10.8. The van der Waals surface area contributed by atoms with Crippen LogP contribution in [0.15, 0.2) is 35.2 Å². The molecule has 0 saturated heterocycles. The summed E-state index contributed by atoms with van der Waals surface area (Å²) in [5.74, 6) is -0.425. The number of ether oxygens (including phenoxy) is 1. The van der Waals surface area contributed by atoms with E-state index < -0.39 is 5.97 Å². The number of hydrogen-bond donors (Lipinski definition) is 1. The summed E-state index contributed by atoms with van der Waals surface area (Å²) < 4.78 is 5.17. The summed E-state index contributed by atoms with van der Waals surface area (Å²) in [6, 6.07) is 7.49. The summed E-state index contributed by atoms with van der Waals surface area (Å²) in [5.41, 5.74) is 3.65. The zero-order valence-corrected chi connectivity index (χ0v) is 11.3. The first-order valence-corrected chi connectivity index (χ1v) is 6.87. The number of aromatic amines is 1.